The van der Waals surface area contributed by atoms with Gasteiger partial charge >= 0.3 is 5.97 Å². The van der Waals surface area contributed by atoms with Gasteiger partial charge < -0.3 is 74.0 Å². The average molecular weight is 813 g/mol. The third kappa shape index (κ3) is 7.69. The van der Waals surface area contributed by atoms with E-state index in [2.05, 4.69) is 26.0 Å². The molecule has 0 bridgehead atoms. The number of hydrogen-bond donors (Lipinski definition) is 8. The Morgan fingerprint density at radius 3 is 2.19 bits per heavy atom. The molecule has 0 aromatic carbocycles. The van der Waals surface area contributed by atoms with Crippen LogP contribution in [0.25, 0.3) is 0 Å². The molecule has 3 saturated heterocycles. The standard InChI is InChI=1S/C40H60O17/c1-16(41)22-8-9-23-21-7-6-19-12-20(43)13-27(40(19,5)24(21)10-11-39(22,23)4)55-38-35(57-37-33(50)31(48)28(45)17(2)53-37)34(30(47)26(54-38)15-51-18(3)42)56-36-32(49)29(46)25(44)14-52-36/h6,8,17,20-21,23-38,43-50H,7,9-15H2,1-5H3. The minimum absolute atomic E-state index is 0.0740. The van der Waals surface area contributed by atoms with E-state index < -0.39 is 123 Å². The zero-order chi connectivity index (χ0) is 41.3. The van der Waals surface area contributed by atoms with E-state index >= 15 is 0 Å². The Hall–Kier alpha value is -1.94. The van der Waals surface area contributed by atoms with Crippen molar-refractivity contribution in [1.82, 2.24) is 0 Å². The number of rotatable bonds is 9. The second kappa shape index (κ2) is 16.5. The molecule has 2 saturated carbocycles. The van der Waals surface area contributed by atoms with E-state index in [1.807, 2.05) is 0 Å². The number of carbonyl (C=O) groups excluding carboxylic acids is 2. The average Bonchev–Trinajstić information content (AvgIpc) is 3.52. The molecule has 4 aliphatic carbocycles. The molecule has 0 aromatic heterocycles. The van der Waals surface area contributed by atoms with Gasteiger partial charge in [-0.3, -0.25) is 9.59 Å². The van der Waals surface area contributed by atoms with E-state index in [-0.39, 0.29) is 35.4 Å². The normalized spacial score (nSPS) is 51.1. The summed E-state index contributed by atoms with van der Waals surface area (Å²) in [4.78, 5) is 24.7. The lowest BCUT2D eigenvalue weighted by Crippen LogP contribution is -2.67. The van der Waals surface area contributed by atoms with Gasteiger partial charge in [-0.2, -0.15) is 0 Å². The Bertz CT molecular complexity index is 1550. The molecule has 3 heterocycles. The molecule has 3 aliphatic heterocycles. The summed E-state index contributed by atoms with van der Waals surface area (Å²) >= 11 is 0. The monoisotopic (exact) mass is 812 g/mol. The Balaban J connectivity index is 1.25. The van der Waals surface area contributed by atoms with Crippen LogP contribution in [0.5, 0.6) is 0 Å². The Kier molecular flexibility index (Phi) is 12.5. The third-order valence-electron chi connectivity index (χ3n) is 14.3. The Labute approximate surface area is 331 Å². The molecule has 0 spiro atoms. The summed E-state index contributed by atoms with van der Waals surface area (Å²) in [5.74, 6) is -0.114. The molecule has 0 radical (unpaired) electrons. The van der Waals surface area contributed by atoms with Gasteiger partial charge in [0.15, 0.2) is 24.7 Å². The lowest BCUT2D eigenvalue weighted by atomic mass is 9.46. The van der Waals surface area contributed by atoms with Gasteiger partial charge in [-0.1, -0.05) is 31.6 Å². The maximum atomic E-state index is 12.7. The van der Waals surface area contributed by atoms with Crippen molar-refractivity contribution < 1.29 is 83.6 Å². The quantitative estimate of drug-likeness (QED) is 0.104. The fraction of sp³-hybridized carbons (Fsp3) is 0.850. The summed E-state index contributed by atoms with van der Waals surface area (Å²) in [6.45, 7) is 7.66. The van der Waals surface area contributed by atoms with Crippen LogP contribution in [0.2, 0.25) is 0 Å². The van der Waals surface area contributed by atoms with Gasteiger partial charge in [-0.25, -0.2) is 0 Å². The maximum Gasteiger partial charge on any atom is 0.302 e. The molecule has 322 valence electrons. The van der Waals surface area contributed by atoms with Gasteiger partial charge in [-0.15, -0.1) is 0 Å². The number of ether oxygens (including phenoxy) is 7. The number of allylic oxidation sites excluding steroid dienone is 3. The van der Waals surface area contributed by atoms with Crippen LogP contribution in [0.15, 0.2) is 23.3 Å². The van der Waals surface area contributed by atoms with Gasteiger partial charge in [0.05, 0.1) is 24.9 Å². The summed E-state index contributed by atoms with van der Waals surface area (Å²) < 4.78 is 42.4. The number of hydrogen-bond acceptors (Lipinski definition) is 17. The second-order valence-corrected chi connectivity index (χ2v) is 17.7. The molecule has 17 nitrogen and oxygen atoms in total. The number of carbonyl (C=O) groups is 2. The second-order valence-electron chi connectivity index (χ2n) is 17.7. The van der Waals surface area contributed by atoms with Gasteiger partial charge in [0.2, 0.25) is 0 Å². The van der Waals surface area contributed by atoms with Gasteiger partial charge in [0.1, 0.15) is 67.6 Å². The fourth-order valence-electron chi connectivity index (χ4n) is 11.1. The van der Waals surface area contributed by atoms with Gasteiger partial charge in [0, 0.05) is 18.8 Å². The van der Waals surface area contributed by atoms with Crippen molar-refractivity contribution in [2.45, 2.75) is 171 Å². The van der Waals surface area contributed by atoms with E-state index in [0.29, 0.717) is 6.42 Å². The smallest absolute Gasteiger partial charge is 0.302 e. The number of aliphatic hydroxyl groups excluding tert-OH is 8. The molecule has 17 heteroatoms. The number of esters is 1. The lowest BCUT2D eigenvalue weighted by Gasteiger charge is -2.60. The van der Waals surface area contributed by atoms with Crippen LogP contribution < -0.4 is 0 Å². The highest BCUT2D eigenvalue weighted by Gasteiger charge is 2.62. The van der Waals surface area contributed by atoms with E-state index in [4.69, 9.17) is 33.2 Å². The summed E-state index contributed by atoms with van der Waals surface area (Å²) in [6.07, 6.45) is -15.5. The van der Waals surface area contributed by atoms with Crippen molar-refractivity contribution in [2.75, 3.05) is 13.2 Å². The van der Waals surface area contributed by atoms with Crippen LogP contribution in [-0.2, 0) is 42.7 Å². The molecular formula is C40H60O17. The zero-order valence-electron chi connectivity index (χ0n) is 33.0. The topological polar surface area (TPSA) is 261 Å². The van der Waals surface area contributed by atoms with Crippen LogP contribution in [0.1, 0.15) is 73.1 Å². The summed E-state index contributed by atoms with van der Waals surface area (Å²) in [6, 6.07) is 0. The van der Waals surface area contributed by atoms with Crippen molar-refractivity contribution in [3.63, 3.8) is 0 Å². The Morgan fingerprint density at radius 2 is 1.49 bits per heavy atom. The number of aliphatic hydroxyl groups is 8. The molecule has 0 amide bonds. The van der Waals surface area contributed by atoms with Crippen molar-refractivity contribution in [3.05, 3.63) is 23.3 Å². The highest BCUT2D eigenvalue weighted by molar-refractivity contribution is 5.95. The minimum atomic E-state index is -1.80. The predicted molar refractivity (Wildman–Crippen MR) is 193 cm³/mol. The van der Waals surface area contributed by atoms with E-state index in [9.17, 15) is 50.4 Å². The van der Waals surface area contributed by atoms with Gasteiger partial charge in [-0.05, 0) is 74.7 Å². The highest BCUT2D eigenvalue weighted by Crippen LogP contribution is 2.65. The summed E-state index contributed by atoms with van der Waals surface area (Å²) in [5, 5.41) is 86.8. The molecule has 8 N–H and O–H groups in total. The summed E-state index contributed by atoms with van der Waals surface area (Å²) in [7, 11) is 0. The first kappa shape index (κ1) is 43.2. The number of Topliss-reactive ketones (excluding diaryl/α,β-unsaturated/α-hetero) is 1. The van der Waals surface area contributed by atoms with Crippen molar-refractivity contribution in [1.29, 1.82) is 0 Å². The minimum Gasteiger partial charge on any atom is -0.463 e. The lowest BCUT2D eigenvalue weighted by molar-refractivity contribution is -0.393. The van der Waals surface area contributed by atoms with Crippen LogP contribution in [0, 0.1) is 28.6 Å². The van der Waals surface area contributed by atoms with Crippen molar-refractivity contribution >= 4 is 11.8 Å². The maximum absolute atomic E-state index is 12.7. The molecular weight excluding hydrogens is 752 g/mol. The zero-order valence-corrected chi connectivity index (χ0v) is 33.0. The van der Waals surface area contributed by atoms with Crippen LogP contribution in [-0.4, -0.2) is 164 Å². The highest BCUT2D eigenvalue weighted by atomic mass is 16.8. The van der Waals surface area contributed by atoms with Crippen LogP contribution in [0.4, 0.5) is 0 Å². The number of fused-ring (bicyclic) bond motifs is 5. The van der Waals surface area contributed by atoms with Crippen LogP contribution in [0.3, 0.4) is 0 Å². The molecule has 21 atom stereocenters. The molecule has 7 aliphatic rings. The van der Waals surface area contributed by atoms with Crippen molar-refractivity contribution in [3.8, 4) is 0 Å². The summed E-state index contributed by atoms with van der Waals surface area (Å²) in [5.41, 5.74) is 0.979. The van der Waals surface area contributed by atoms with E-state index in [0.717, 1.165) is 36.8 Å². The molecule has 57 heavy (non-hydrogen) atoms. The number of ketones is 1. The van der Waals surface area contributed by atoms with E-state index in [1.165, 1.54) is 13.8 Å². The van der Waals surface area contributed by atoms with Crippen molar-refractivity contribution in [2.24, 2.45) is 28.6 Å². The SMILES string of the molecule is CC(=O)OCC1OC(OC2CC(O)CC3=CCC4C5CC=C(C(C)=O)C5(C)CCC4C32C)C(OC2OC(C)C(O)C(O)C2O)C(OC2OCC(O)C(O)C2O)C1O. The van der Waals surface area contributed by atoms with E-state index in [1.54, 1.807) is 6.92 Å². The predicted octanol–water partition coefficient (Wildman–Crippen LogP) is -0.884. The largest absolute Gasteiger partial charge is 0.463 e. The first-order valence-corrected chi connectivity index (χ1v) is 20.2. The first-order valence-electron chi connectivity index (χ1n) is 20.2. The third-order valence-corrected chi connectivity index (χ3v) is 14.3. The first-order chi connectivity index (χ1) is 26.9. The molecule has 0 aromatic rings. The fourth-order valence-corrected chi connectivity index (χ4v) is 11.1. The Morgan fingerprint density at radius 1 is 0.789 bits per heavy atom. The van der Waals surface area contributed by atoms with Gasteiger partial charge in [0.25, 0.3) is 0 Å². The van der Waals surface area contributed by atoms with Crippen LogP contribution >= 0.6 is 0 Å². The molecule has 5 fully saturated rings. The molecule has 21 unspecified atom stereocenters. The molecule has 7 rings (SSSR count).